The van der Waals surface area contributed by atoms with Crippen LogP contribution in [0.25, 0.3) is 28.2 Å². The summed E-state index contributed by atoms with van der Waals surface area (Å²) in [6, 6.07) is 9.96. The van der Waals surface area contributed by atoms with E-state index in [0.717, 1.165) is 5.69 Å². The molecule has 14 heteroatoms. The number of pyridine rings is 1. The van der Waals surface area contributed by atoms with Crippen molar-refractivity contribution in [3.8, 4) is 28.2 Å². The summed E-state index contributed by atoms with van der Waals surface area (Å²) >= 11 is 6.24. The Morgan fingerprint density at radius 1 is 1.07 bits per heavy atom. The minimum Gasteiger partial charge on any atom is -0.323 e. The Labute approximate surface area is 256 Å². The molecule has 0 saturated carbocycles. The molecule has 4 aromatic heterocycles. The Morgan fingerprint density at radius 3 is 2.59 bits per heavy atom. The van der Waals surface area contributed by atoms with Crippen LogP contribution in [0.2, 0.25) is 5.02 Å². The lowest BCUT2D eigenvalue weighted by molar-refractivity contribution is -0.119. The van der Waals surface area contributed by atoms with Crippen LogP contribution in [-0.2, 0) is 11.3 Å². The highest BCUT2D eigenvalue weighted by Gasteiger charge is 2.22. The maximum atomic E-state index is 13.6. The highest BCUT2D eigenvalue weighted by molar-refractivity contribution is 6.31. The number of unbranched alkanes of at least 4 members (excludes halogenated alkanes) is 1. The SMILES string of the molecule is Cc1cc(-c2c(NC(=O)[C@H](C)CCCCn3cnc(-c4cc(Cl)ccc4-n4cc(C)nn4)cc3=O)cnn2C(F)F)ccn1. The minimum atomic E-state index is -2.88. The van der Waals surface area contributed by atoms with Crippen LogP contribution in [0.5, 0.6) is 0 Å². The Balaban J connectivity index is 1.20. The first-order valence-corrected chi connectivity index (χ1v) is 14.3. The molecule has 4 heterocycles. The molecule has 228 valence electrons. The van der Waals surface area contributed by atoms with E-state index in [2.05, 4.69) is 30.7 Å². The van der Waals surface area contributed by atoms with Crippen LogP contribution in [0.15, 0.2) is 66.1 Å². The van der Waals surface area contributed by atoms with Gasteiger partial charge in [0, 0.05) is 46.6 Å². The molecule has 5 aromatic rings. The van der Waals surface area contributed by atoms with Crippen LogP contribution in [0.4, 0.5) is 14.5 Å². The number of amides is 1. The molecule has 0 aliphatic rings. The van der Waals surface area contributed by atoms with E-state index in [1.165, 1.54) is 29.4 Å². The highest BCUT2D eigenvalue weighted by Crippen LogP contribution is 2.32. The molecule has 44 heavy (non-hydrogen) atoms. The molecule has 0 bridgehead atoms. The lowest BCUT2D eigenvalue weighted by Gasteiger charge is -2.14. The van der Waals surface area contributed by atoms with Gasteiger partial charge in [-0.25, -0.2) is 14.3 Å². The average molecular weight is 622 g/mol. The van der Waals surface area contributed by atoms with Gasteiger partial charge in [-0.05, 0) is 57.0 Å². The molecule has 0 aliphatic carbocycles. The van der Waals surface area contributed by atoms with E-state index in [9.17, 15) is 18.4 Å². The first-order chi connectivity index (χ1) is 21.1. The molecule has 1 aromatic carbocycles. The largest absolute Gasteiger partial charge is 0.333 e. The molecule has 5 rings (SSSR count). The number of hydrogen-bond donors (Lipinski definition) is 1. The topological polar surface area (TPSA) is 125 Å². The van der Waals surface area contributed by atoms with Crippen molar-refractivity contribution < 1.29 is 13.6 Å². The van der Waals surface area contributed by atoms with Crippen molar-refractivity contribution in [2.45, 2.75) is 53.1 Å². The zero-order valence-corrected chi connectivity index (χ0v) is 25.0. The third-order valence-electron chi connectivity index (χ3n) is 7.11. The molecule has 11 nitrogen and oxygen atoms in total. The quantitative estimate of drug-likeness (QED) is 0.183. The van der Waals surface area contributed by atoms with Gasteiger partial charge in [0.2, 0.25) is 5.91 Å². The van der Waals surface area contributed by atoms with Gasteiger partial charge >= 0.3 is 6.55 Å². The van der Waals surface area contributed by atoms with E-state index in [1.807, 2.05) is 6.92 Å². The molecule has 0 radical (unpaired) electrons. The number of halogens is 3. The molecule has 1 atom stereocenters. The first-order valence-electron chi connectivity index (χ1n) is 14.0. The number of alkyl halides is 2. The van der Waals surface area contributed by atoms with Crippen molar-refractivity contribution in [1.82, 2.24) is 39.3 Å². The molecule has 1 N–H and O–H groups in total. The lowest BCUT2D eigenvalue weighted by Crippen LogP contribution is -2.22. The summed E-state index contributed by atoms with van der Waals surface area (Å²) in [5, 5.41) is 15.2. The number of aryl methyl sites for hydroxylation is 3. The van der Waals surface area contributed by atoms with Crippen molar-refractivity contribution >= 4 is 23.2 Å². The highest BCUT2D eigenvalue weighted by atomic mass is 35.5. The van der Waals surface area contributed by atoms with Crippen LogP contribution in [0, 0.1) is 19.8 Å². The van der Waals surface area contributed by atoms with E-state index in [4.69, 9.17) is 11.6 Å². The third-order valence-corrected chi connectivity index (χ3v) is 7.35. The minimum absolute atomic E-state index is 0.114. The molecule has 0 unspecified atom stereocenters. The number of hydrogen-bond acceptors (Lipinski definition) is 7. The number of aromatic nitrogens is 8. The lowest BCUT2D eigenvalue weighted by atomic mass is 10.0. The second-order valence-corrected chi connectivity index (χ2v) is 10.9. The average Bonchev–Trinajstić information content (AvgIpc) is 3.62. The van der Waals surface area contributed by atoms with Gasteiger partial charge in [0.25, 0.3) is 5.56 Å². The van der Waals surface area contributed by atoms with Crippen LogP contribution < -0.4 is 10.9 Å². The van der Waals surface area contributed by atoms with Crippen LogP contribution in [-0.4, -0.2) is 45.2 Å². The monoisotopic (exact) mass is 621 g/mol. The van der Waals surface area contributed by atoms with Crippen LogP contribution in [0.1, 0.15) is 44.1 Å². The smallest absolute Gasteiger partial charge is 0.323 e. The van der Waals surface area contributed by atoms with E-state index in [-0.39, 0.29) is 22.8 Å². The van der Waals surface area contributed by atoms with E-state index in [0.29, 0.717) is 63.7 Å². The molecule has 0 aliphatic heterocycles. The maximum Gasteiger partial charge on any atom is 0.333 e. The number of rotatable bonds is 11. The molecule has 0 spiro atoms. The predicted octanol–water partition coefficient (Wildman–Crippen LogP) is 5.86. The van der Waals surface area contributed by atoms with Crippen LogP contribution >= 0.6 is 11.6 Å². The number of carbonyl (C=O) groups is 1. The number of anilines is 1. The van der Waals surface area contributed by atoms with Crippen molar-refractivity contribution in [2.75, 3.05) is 5.32 Å². The van der Waals surface area contributed by atoms with E-state index < -0.39 is 12.5 Å². The Hall–Kier alpha value is -4.78. The second-order valence-electron chi connectivity index (χ2n) is 10.5. The molecule has 0 fully saturated rings. The summed E-state index contributed by atoms with van der Waals surface area (Å²) < 4.78 is 31.0. The number of benzene rings is 1. The number of carbonyl (C=O) groups excluding carboxylic acids is 1. The summed E-state index contributed by atoms with van der Waals surface area (Å²) in [7, 11) is 0. The van der Waals surface area contributed by atoms with Gasteiger partial charge < -0.3 is 5.32 Å². The van der Waals surface area contributed by atoms with Crippen LogP contribution in [0.3, 0.4) is 0 Å². The molecular weight excluding hydrogens is 592 g/mol. The Bertz CT molecular complexity index is 1850. The predicted molar refractivity (Wildman–Crippen MR) is 162 cm³/mol. The fourth-order valence-corrected chi connectivity index (χ4v) is 4.99. The normalized spacial score (nSPS) is 12.1. The van der Waals surface area contributed by atoms with Crippen molar-refractivity contribution in [3.63, 3.8) is 0 Å². The summed E-state index contributed by atoms with van der Waals surface area (Å²) in [5.41, 5.74) is 3.75. The van der Waals surface area contributed by atoms with Gasteiger partial charge in [-0.3, -0.25) is 19.1 Å². The second kappa shape index (κ2) is 13.2. The van der Waals surface area contributed by atoms with Gasteiger partial charge in [-0.1, -0.05) is 30.2 Å². The molecular formula is C30H30ClF2N9O2. The van der Waals surface area contributed by atoms with Crippen molar-refractivity contribution in [1.29, 1.82) is 0 Å². The van der Waals surface area contributed by atoms with E-state index >= 15 is 0 Å². The number of nitrogens with zero attached hydrogens (tertiary/aromatic N) is 8. The van der Waals surface area contributed by atoms with Gasteiger partial charge in [-0.15, -0.1) is 5.10 Å². The van der Waals surface area contributed by atoms with Crippen molar-refractivity contribution in [2.24, 2.45) is 5.92 Å². The first kappa shape index (κ1) is 30.7. The fraction of sp³-hybridized carbons (Fsp3) is 0.300. The zero-order chi connectivity index (χ0) is 31.4. The molecule has 1 amide bonds. The summed E-state index contributed by atoms with van der Waals surface area (Å²) in [5.74, 6) is -0.718. The standard InChI is InChI=1S/C30H30ClF2N9O2/c1-18(29(44)37-25-15-36-42(30(32)33)28(25)21-9-10-34-19(2)12-21)6-4-5-11-40-17-35-24(14-27(40)43)23-13-22(31)7-8-26(23)41-16-20(3)38-39-41/h7-10,12-18,30H,4-6,11H2,1-3H3,(H,37,44)/t18-/m1/s1. The van der Waals surface area contributed by atoms with Gasteiger partial charge in [0.1, 0.15) is 0 Å². The maximum absolute atomic E-state index is 13.6. The van der Waals surface area contributed by atoms with E-state index in [1.54, 1.807) is 55.1 Å². The van der Waals surface area contributed by atoms with Gasteiger partial charge in [0.05, 0.1) is 47.2 Å². The third kappa shape index (κ3) is 6.88. The Morgan fingerprint density at radius 2 is 1.89 bits per heavy atom. The molecule has 0 saturated heterocycles. The van der Waals surface area contributed by atoms with Gasteiger partial charge in [0.15, 0.2) is 0 Å². The van der Waals surface area contributed by atoms with Crippen molar-refractivity contribution in [3.05, 3.63) is 88.1 Å². The zero-order valence-electron chi connectivity index (χ0n) is 24.3. The summed E-state index contributed by atoms with van der Waals surface area (Å²) in [6.07, 6.45) is 7.82. The summed E-state index contributed by atoms with van der Waals surface area (Å²) in [6.45, 7) is 2.89. The number of nitrogens with one attached hydrogen (secondary N) is 1. The van der Waals surface area contributed by atoms with Gasteiger partial charge in [-0.2, -0.15) is 13.9 Å². The summed E-state index contributed by atoms with van der Waals surface area (Å²) in [4.78, 5) is 34.5. The Kier molecular flexibility index (Phi) is 9.23. The fourth-order valence-electron chi connectivity index (χ4n) is 4.82.